The average molecular weight is 326 g/mol. The molecule has 4 heteroatoms. The van der Waals surface area contributed by atoms with E-state index in [1.165, 1.54) is 0 Å². The van der Waals surface area contributed by atoms with E-state index in [1.807, 2.05) is 48.5 Å². The Kier molecular flexibility index (Phi) is 4.63. The van der Waals surface area contributed by atoms with Gasteiger partial charge in [-0.2, -0.15) is 0 Å². The first-order chi connectivity index (χ1) is 11.3. The smallest absolute Gasteiger partial charge is 0.140 e. The van der Waals surface area contributed by atoms with Crippen LogP contribution in [0.15, 0.2) is 64.4 Å². The summed E-state index contributed by atoms with van der Waals surface area (Å²) in [4.78, 5) is 2.13. The van der Waals surface area contributed by atoms with Crippen molar-refractivity contribution in [2.45, 2.75) is 9.79 Å². The first-order valence-electron chi connectivity index (χ1n) is 7.22. The van der Waals surface area contributed by atoms with Gasteiger partial charge >= 0.3 is 0 Å². The summed E-state index contributed by atoms with van der Waals surface area (Å²) < 4.78 is 16.4. The van der Waals surface area contributed by atoms with Crippen molar-refractivity contribution in [2.75, 3.05) is 21.3 Å². The van der Waals surface area contributed by atoms with Gasteiger partial charge in [0.25, 0.3) is 0 Å². The van der Waals surface area contributed by atoms with Gasteiger partial charge in [0.1, 0.15) is 17.2 Å². The van der Waals surface area contributed by atoms with E-state index in [1.54, 1.807) is 33.1 Å². The van der Waals surface area contributed by atoms with Crippen molar-refractivity contribution < 1.29 is 14.2 Å². The van der Waals surface area contributed by atoms with Crippen molar-refractivity contribution in [1.29, 1.82) is 0 Å². The molecule has 0 aliphatic rings. The van der Waals surface area contributed by atoms with Crippen LogP contribution >= 0.6 is 11.8 Å². The van der Waals surface area contributed by atoms with Gasteiger partial charge < -0.3 is 14.2 Å². The molecule has 0 aliphatic carbocycles. The Morgan fingerprint density at radius 2 is 1.43 bits per heavy atom. The third-order valence-corrected chi connectivity index (χ3v) is 4.67. The predicted octanol–water partition coefficient (Wildman–Crippen LogP) is 5.02. The summed E-state index contributed by atoms with van der Waals surface area (Å²) in [5.74, 6) is 2.55. The normalized spacial score (nSPS) is 10.6. The number of methoxy groups -OCH3 is 3. The van der Waals surface area contributed by atoms with Crippen LogP contribution in [0.4, 0.5) is 0 Å². The van der Waals surface area contributed by atoms with Gasteiger partial charge in [-0.3, -0.25) is 0 Å². The molecule has 3 aromatic rings. The van der Waals surface area contributed by atoms with Crippen LogP contribution < -0.4 is 14.2 Å². The van der Waals surface area contributed by atoms with Gasteiger partial charge in [-0.1, -0.05) is 36.0 Å². The maximum atomic E-state index is 5.67. The van der Waals surface area contributed by atoms with Gasteiger partial charge in [-0.05, 0) is 30.3 Å². The average Bonchev–Trinajstić information content (AvgIpc) is 2.61. The minimum atomic E-state index is 0.845. The van der Waals surface area contributed by atoms with Crippen LogP contribution in [0.3, 0.4) is 0 Å². The minimum absolute atomic E-state index is 0.845. The summed E-state index contributed by atoms with van der Waals surface area (Å²) in [6, 6.07) is 18.1. The van der Waals surface area contributed by atoms with Gasteiger partial charge in [0, 0.05) is 15.7 Å². The maximum Gasteiger partial charge on any atom is 0.140 e. The Balaban J connectivity index is 2.08. The van der Waals surface area contributed by atoms with E-state index in [-0.39, 0.29) is 0 Å². The molecule has 0 atom stereocenters. The molecule has 0 unspecified atom stereocenters. The number of hydrogen-bond donors (Lipinski definition) is 0. The highest BCUT2D eigenvalue weighted by Crippen LogP contribution is 2.43. The van der Waals surface area contributed by atoms with E-state index in [0.29, 0.717) is 0 Å². The van der Waals surface area contributed by atoms with E-state index in [9.17, 15) is 0 Å². The zero-order valence-electron chi connectivity index (χ0n) is 13.3. The molecule has 3 nitrogen and oxygen atoms in total. The van der Waals surface area contributed by atoms with Crippen LogP contribution in [-0.4, -0.2) is 21.3 Å². The van der Waals surface area contributed by atoms with Crippen molar-refractivity contribution in [3.63, 3.8) is 0 Å². The van der Waals surface area contributed by atoms with Crippen LogP contribution in [0.25, 0.3) is 10.8 Å². The molecule has 0 N–H and O–H groups in total. The highest BCUT2D eigenvalue weighted by Gasteiger charge is 2.14. The number of ether oxygens (including phenoxy) is 3. The monoisotopic (exact) mass is 326 g/mol. The number of benzene rings is 3. The van der Waals surface area contributed by atoms with E-state index in [4.69, 9.17) is 14.2 Å². The van der Waals surface area contributed by atoms with Gasteiger partial charge in [-0.25, -0.2) is 0 Å². The molecule has 3 rings (SSSR count). The van der Waals surface area contributed by atoms with E-state index in [0.717, 1.165) is 37.8 Å². The molecule has 0 saturated heterocycles. The lowest BCUT2D eigenvalue weighted by Crippen LogP contribution is -1.92. The van der Waals surface area contributed by atoms with Crippen molar-refractivity contribution in [3.05, 3.63) is 54.6 Å². The summed E-state index contributed by atoms with van der Waals surface area (Å²) in [5, 5.41) is 2.09. The molecule has 0 aromatic heterocycles. The first kappa shape index (κ1) is 15.6. The van der Waals surface area contributed by atoms with E-state index >= 15 is 0 Å². The molecule has 23 heavy (non-hydrogen) atoms. The van der Waals surface area contributed by atoms with Crippen LogP contribution in [0, 0.1) is 0 Å². The molecule has 0 fully saturated rings. The lowest BCUT2D eigenvalue weighted by molar-refractivity contribution is 0.401. The largest absolute Gasteiger partial charge is 0.497 e. The van der Waals surface area contributed by atoms with Gasteiger partial charge in [-0.15, -0.1) is 0 Å². The second-order valence-electron chi connectivity index (χ2n) is 4.93. The summed E-state index contributed by atoms with van der Waals surface area (Å²) >= 11 is 1.64. The van der Waals surface area contributed by atoms with E-state index < -0.39 is 0 Å². The highest BCUT2D eigenvalue weighted by molar-refractivity contribution is 7.99. The highest BCUT2D eigenvalue weighted by atomic mass is 32.2. The Labute approximate surface area is 140 Å². The third-order valence-electron chi connectivity index (χ3n) is 3.63. The summed E-state index contributed by atoms with van der Waals surface area (Å²) in [7, 11) is 5.06. The van der Waals surface area contributed by atoms with Gasteiger partial charge in [0.05, 0.1) is 26.2 Å². The molecular formula is C19H18O3S. The molecule has 0 spiro atoms. The zero-order valence-corrected chi connectivity index (χ0v) is 14.1. The summed E-state index contributed by atoms with van der Waals surface area (Å²) in [6.07, 6.45) is 0. The molecule has 0 aliphatic heterocycles. The van der Waals surface area contributed by atoms with Gasteiger partial charge in [0.15, 0.2) is 0 Å². The molecule has 0 radical (unpaired) electrons. The molecule has 3 aromatic carbocycles. The molecule has 0 heterocycles. The lowest BCUT2D eigenvalue weighted by Gasteiger charge is -2.14. The number of fused-ring (bicyclic) bond motifs is 1. The van der Waals surface area contributed by atoms with Crippen molar-refractivity contribution in [1.82, 2.24) is 0 Å². The van der Waals surface area contributed by atoms with Crippen LogP contribution in [-0.2, 0) is 0 Å². The first-order valence-corrected chi connectivity index (χ1v) is 8.04. The lowest BCUT2D eigenvalue weighted by atomic mass is 10.1. The van der Waals surface area contributed by atoms with Crippen LogP contribution in [0.1, 0.15) is 0 Å². The summed E-state index contributed by atoms with van der Waals surface area (Å²) in [6.45, 7) is 0. The Morgan fingerprint density at radius 3 is 2.04 bits per heavy atom. The molecule has 118 valence electrons. The topological polar surface area (TPSA) is 27.7 Å². The standard InChI is InChI=1S/C19H18O3S/c1-20-13-8-10-14(11-9-13)23-18-12-17(21-2)15-6-4-5-7-16(15)19(18)22-3/h4-12H,1-3H3. The molecular weight excluding hydrogens is 308 g/mol. The van der Waals surface area contributed by atoms with Gasteiger partial charge in [0.2, 0.25) is 0 Å². The second kappa shape index (κ2) is 6.84. The minimum Gasteiger partial charge on any atom is -0.497 e. The maximum absolute atomic E-state index is 5.67. The number of hydrogen-bond acceptors (Lipinski definition) is 4. The fourth-order valence-electron chi connectivity index (χ4n) is 2.52. The third kappa shape index (κ3) is 3.08. The number of rotatable bonds is 5. The Bertz CT molecular complexity index is 813. The SMILES string of the molecule is COc1ccc(Sc2cc(OC)c3ccccc3c2OC)cc1. The quantitative estimate of drug-likeness (QED) is 0.658. The molecule has 0 bridgehead atoms. The van der Waals surface area contributed by atoms with Crippen LogP contribution in [0.2, 0.25) is 0 Å². The zero-order chi connectivity index (χ0) is 16.2. The molecule has 0 amide bonds. The Hall–Kier alpha value is -2.33. The van der Waals surface area contributed by atoms with Crippen molar-refractivity contribution in [2.24, 2.45) is 0 Å². The summed E-state index contributed by atoms with van der Waals surface area (Å²) in [5.41, 5.74) is 0. The predicted molar refractivity (Wildman–Crippen MR) is 94.2 cm³/mol. The second-order valence-corrected chi connectivity index (χ2v) is 6.05. The van der Waals surface area contributed by atoms with Crippen LogP contribution in [0.5, 0.6) is 17.2 Å². The fourth-order valence-corrected chi connectivity index (χ4v) is 3.50. The van der Waals surface area contributed by atoms with E-state index in [2.05, 4.69) is 6.07 Å². The fraction of sp³-hybridized carbons (Fsp3) is 0.158. The van der Waals surface area contributed by atoms with Crippen molar-refractivity contribution in [3.8, 4) is 17.2 Å². The molecule has 0 saturated carbocycles. The van der Waals surface area contributed by atoms with Crippen molar-refractivity contribution >= 4 is 22.5 Å². The Morgan fingerprint density at radius 1 is 0.739 bits per heavy atom.